The molecule has 0 saturated carbocycles. The first-order chi connectivity index (χ1) is 13.3. The minimum absolute atomic E-state index is 0.269. The predicted molar refractivity (Wildman–Crippen MR) is 114 cm³/mol. The van der Waals surface area contributed by atoms with Gasteiger partial charge in [-0.05, 0) is 49.1 Å². The van der Waals surface area contributed by atoms with Gasteiger partial charge >= 0.3 is 0 Å². The average molecular weight is 416 g/mol. The number of ether oxygens (including phenoxy) is 1. The second-order valence-corrected chi connectivity index (χ2v) is 8.28. The van der Waals surface area contributed by atoms with Gasteiger partial charge in [0.05, 0.1) is 0 Å². The molecule has 1 aromatic heterocycles. The Morgan fingerprint density at radius 3 is 2.50 bits per heavy atom. The Balaban J connectivity index is 1.68. The van der Waals surface area contributed by atoms with Gasteiger partial charge in [0.2, 0.25) is 5.13 Å². The van der Waals surface area contributed by atoms with E-state index in [1.165, 1.54) is 11.3 Å². The molecule has 0 spiro atoms. The lowest BCUT2D eigenvalue weighted by Crippen LogP contribution is -2.30. The molecule has 0 fully saturated rings. The highest BCUT2D eigenvalue weighted by Crippen LogP contribution is 2.29. The fourth-order valence-electron chi connectivity index (χ4n) is 2.65. The highest BCUT2D eigenvalue weighted by atomic mass is 35.5. The maximum absolute atomic E-state index is 12.6. The lowest BCUT2D eigenvalue weighted by atomic mass is 10.0. The molecular weight excluding hydrogens is 394 g/mol. The molecule has 28 heavy (non-hydrogen) atoms. The number of amides is 1. The van der Waals surface area contributed by atoms with Crippen molar-refractivity contribution in [2.75, 3.05) is 5.32 Å². The van der Waals surface area contributed by atoms with Crippen molar-refractivity contribution < 1.29 is 9.53 Å². The number of nitrogens with one attached hydrogen (secondary N) is 1. The van der Waals surface area contributed by atoms with E-state index in [1.54, 1.807) is 19.1 Å². The second kappa shape index (κ2) is 8.71. The molecule has 0 saturated heterocycles. The average Bonchev–Trinajstić information content (AvgIpc) is 3.10. The largest absolute Gasteiger partial charge is 0.481 e. The molecule has 5 nitrogen and oxygen atoms in total. The van der Waals surface area contributed by atoms with Crippen LogP contribution in [0.1, 0.15) is 37.8 Å². The number of nitrogens with zero attached hydrogens (tertiary/aromatic N) is 2. The summed E-state index contributed by atoms with van der Waals surface area (Å²) in [4.78, 5) is 12.6. The number of aryl methyl sites for hydroxylation is 1. The zero-order valence-electron chi connectivity index (χ0n) is 16.2. The molecule has 7 heteroatoms. The van der Waals surface area contributed by atoms with Crippen LogP contribution < -0.4 is 10.1 Å². The summed E-state index contributed by atoms with van der Waals surface area (Å²) in [5, 5.41) is 12.8. The Labute approximate surface area is 173 Å². The first-order valence-corrected chi connectivity index (χ1v) is 10.2. The molecule has 0 aliphatic rings. The van der Waals surface area contributed by atoms with E-state index in [0.717, 1.165) is 22.4 Å². The molecule has 0 aliphatic carbocycles. The van der Waals surface area contributed by atoms with Crippen LogP contribution in [0.3, 0.4) is 0 Å². The van der Waals surface area contributed by atoms with Crippen LogP contribution in [-0.4, -0.2) is 22.2 Å². The Morgan fingerprint density at radius 1 is 1.11 bits per heavy atom. The van der Waals surface area contributed by atoms with Crippen molar-refractivity contribution in [3.05, 3.63) is 58.6 Å². The summed E-state index contributed by atoms with van der Waals surface area (Å²) in [5.41, 5.74) is 3.06. The van der Waals surface area contributed by atoms with E-state index in [2.05, 4.69) is 29.4 Å². The normalized spacial score (nSPS) is 12.1. The van der Waals surface area contributed by atoms with Gasteiger partial charge in [-0.3, -0.25) is 10.1 Å². The van der Waals surface area contributed by atoms with Crippen molar-refractivity contribution in [1.29, 1.82) is 0 Å². The Morgan fingerprint density at radius 2 is 1.82 bits per heavy atom. The van der Waals surface area contributed by atoms with E-state index in [0.29, 0.717) is 21.1 Å². The van der Waals surface area contributed by atoms with Crippen LogP contribution in [0.25, 0.3) is 10.6 Å². The first-order valence-electron chi connectivity index (χ1n) is 9.01. The van der Waals surface area contributed by atoms with Crippen LogP contribution >= 0.6 is 22.9 Å². The second-order valence-electron chi connectivity index (χ2n) is 6.86. The van der Waals surface area contributed by atoms with Crippen LogP contribution in [-0.2, 0) is 4.79 Å². The fraction of sp³-hybridized carbons (Fsp3) is 0.286. The van der Waals surface area contributed by atoms with Gasteiger partial charge in [-0.1, -0.05) is 61.1 Å². The van der Waals surface area contributed by atoms with Crippen LogP contribution in [0.15, 0.2) is 42.5 Å². The van der Waals surface area contributed by atoms with Gasteiger partial charge in [-0.15, -0.1) is 10.2 Å². The molecule has 0 bridgehead atoms. The monoisotopic (exact) mass is 415 g/mol. The van der Waals surface area contributed by atoms with E-state index in [9.17, 15) is 4.79 Å². The van der Waals surface area contributed by atoms with Crippen molar-refractivity contribution >= 4 is 34.0 Å². The number of halogens is 1. The minimum Gasteiger partial charge on any atom is -0.481 e. The number of anilines is 1. The van der Waals surface area contributed by atoms with Crippen molar-refractivity contribution in [2.45, 2.75) is 39.7 Å². The third-order valence-electron chi connectivity index (χ3n) is 4.21. The van der Waals surface area contributed by atoms with E-state index >= 15 is 0 Å². The third kappa shape index (κ3) is 4.88. The Bertz CT molecular complexity index is 970. The molecule has 1 N–H and O–H groups in total. The van der Waals surface area contributed by atoms with Crippen LogP contribution in [0, 0.1) is 6.92 Å². The molecular formula is C21H22ClN3O2S. The lowest BCUT2D eigenvalue weighted by Gasteiger charge is -2.18. The van der Waals surface area contributed by atoms with Gasteiger partial charge in [0, 0.05) is 10.6 Å². The van der Waals surface area contributed by atoms with Gasteiger partial charge < -0.3 is 4.74 Å². The Hall–Kier alpha value is -2.44. The number of carbonyl (C=O) groups excluding carboxylic acids is 1. The van der Waals surface area contributed by atoms with Crippen LogP contribution in [0.2, 0.25) is 5.02 Å². The van der Waals surface area contributed by atoms with Crippen molar-refractivity contribution in [3.63, 3.8) is 0 Å². The van der Waals surface area contributed by atoms with Gasteiger partial charge in [-0.25, -0.2) is 0 Å². The summed E-state index contributed by atoms with van der Waals surface area (Å²) >= 11 is 7.21. The Kier molecular flexibility index (Phi) is 6.31. The number of rotatable bonds is 6. The number of hydrogen-bond acceptors (Lipinski definition) is 5. The van der Waals surface area contributed by atoms with E-state index in [-0.39, 0.29) is 5.91 Å². The fourth-order valence-corrected chi connectivity index (χ4v) is 3.53. The van der Waals surface area contributed by atoms with Gasteiger partial charge in [0.1, 0.15) is 10.8 Å². The number of aromatic nitrogens is 2. The molecule has 1 heterocycles. The molecule has 146 valence electrons. The van der Waals surface area contributed by atoms with Gasteiger partial charge in [-0.2, -0.15) is 0 Å². The summed E-state index contributed by atoms with van der Waals surface area (Å²) in [6.45, 7) is 7.92. The summed E-state index contributed by atoms with van der Waals surface area (Å²) < 4.78 is 5.96. The molecule has 3 rings (SSSR count). The van der Waals surface area contributed by atoms with E-state index in [1.807, 2.05) is 37.3 Å². The van der Waals surface area contributed by atoms with Crippen molar-refractivity contribution in [2.24, 2.45) is 0 Å². The van der Waals surface area contributed by atoms with Crippen LogP contribution in [0.4, 0.5) is 5.13 Å². The first kappa shape index (κ1) is 20.3. The summed E-state index contributed by atoms with van der Waals surface area (Å²) in [5.74, 6) is 0.766. The lowest BCUT2D eigenvalue weighted by molar-refractivity contribution is -0.122. The SMILES string of the molecule is Cc1ccc(C(C)C)c(OC(C)C(=O)Nc2nnc(-c3ccc(Cl)cc3)s2)c1. The summed E-state index contributed by atoms with van der Waals surface area (Å²) in [7, 11) is 0. The predicted octanol–water partition coefficient (Wildman–Crippen LogP) is 5.70. The van der Waals surface area contributed by atoms with Crippen molar-refractivity contribution in [3.8, 4) is 16.3 Å². The minimum atomic E-state index is -0.665. The van der Waals surface area contributed by atoms with E-state index in [4.69, 9.17) is 16.3 Å². The standard InChI is InChI=1S/C21H22ClN3O2S/c1-12(2)17-10-5-13(3)11-18(17)27-14(4)19(26)23-21-25-24-20(28-21)15-6-8-16(22)9-7-15/h5-12,14H,1-4H3,(H,23,25,26). The van der Waals surface area contributed by atoms with Gasteiger partial charge in [0.25, 0.3) is 5.91 Å². The number of benzene rings is 2. The molecule has 1 amide bonds. The quantitative estimate of drug-likeness (QED) is 0.561. The molecule has 1 unspecified atom stereocenters. The molecule has 0 aliphatic heterocycles. The number of carbonyl (C=O) groups is 1. The molecule has 1 atom stereocenters. The van der Waals surface area contributed by atoms with Crippen LogP contribution in [0.5, 0.6) is 5.75 Å². The maximum atomic E-state index is 12.6. The highest BCUT2D eigenvalue weighted by molar-refractivity contribution is 7.18. The van der Waals surface area contributed by atoms with E-state index < -0.39 is 6.10 Å². The third-order valence-corrected chi connectivity index (χ3v) is 5.35. The highest BCUT2D eigenvalue weighted by Gasteiger charge is 2.19. The molecule has 3 aromatic rings. The smallest absolute Gasteiger partial charge is 0.266 e. The maximum Gasteiger partial charge on any atom is 0.266 e. The van der Waals surface area contributed by atoms with Crippen molar-refractivity contribution in [1.82, 2.24) is 10.2 Å². The summed E-state index contributed by atoms with van der Waals surface area (Å²) in [6.07, 6.45) is -0.665. The molecule has 2 aromatic carbocycles. The summed E-state index contributed by atoms with van der Waals surface area (Å²) in [6, 6.07) is 13.4. The number of hydrogen-bond donors (Lipinski definition) is 1. The topological polar surface area (TPSA) is 64.1 Å². The zero-order chi connectivity index (χ0) is 20.3. The molecule has 0 radical (unpaired) electrons. The van der Waals surface area contributed by atoms with Gasteiger partial charge in [0.15, 0.2) is 6.10 Å². The zero-order valence-corrected chi connectivity index (χ0v) is 17.8.